The third kappa shape index (κ3) is 4.67. The molecule has 1 atom stereocenters. The number of fused-ring (bicyclic) bond motifs is 1. The molecule has 2 amide bonds. The van der Waals surface area contributed by atoms with Gasteiger partial charge in [0.2, 0.25) is 5.91 Å². The number of carbonyl (C=O) groups excluding carboxylic acids is 2. The molecule has 144 valence electrons. The molecule has 3 N–H and O–H groups in total. The van der Waals surface area contributed by atoms with Crippen molar-refractivity contribution < 1.29 is 9.59 Å². The van der Waals surface area contributed by atoms with Crippen molar-refractivity contribution in [1.82, 2.24) is 20.5 Å². The number of nitrogens with zero attached hydrogens (tertiary/aromatic N) is 2. The number of hydrogen-bond acceptors (Lipinski definition) is 7. The summed E-state index contributed by atoms with van der Waals surface area (Å²) in [6, 6.07) is 3.49. The van der Waals surface area contributed by atoms with Gasteiger partial charge in [0.1, 0.15) is 0 Å². The zero-order valence-electron chi connectivity index (χ0n) is 14.6. The monoisotopic (exact) mass is 425 g/mol. The zero-order valence-corrected chi connectivity index (χ0v) is 17.0. The normalized spacial score (nSPS) is 19.7. The molecule has 0 aliphatic carbocycles. The predicted molar refractivity (Wildman–Crippen MR) is 108 cm³/mol. The van der Waals surface area contributed by atoms with Crippen LogP contribution in [0.3, 0.4) is 0 Å². The molecule has 0 radical (unpaired) electrons. The van der Waals surface area contributed by atoms with Gasteiger partial charge in [0.15, 0.2) is 5.13 Å². The molecule has 1 saturated heterocycles. The van der Waals surface area contributed by atoms with E-state index in [2.05, 4.69) is 25.8 Å². The van der Waals surface area contributed by atoms with Crippen LogP contribution in [-0.2, 0) is 17.8 Å². The number of carbonyl (C=O) groups is 2. The van der Waals surface area contributed by atoms with Crippen molar-refractivity contribution >= 4 is 51.2 Å². The Kier molecular flexibility index (Phi) is 5.74. The van der Waals surface area contributed by atoms with Gasteiger partial charge in [0, 0.05) is 43.5 Å². The molecule has 1 unspecified atom stereocenters. The Labute approximate surface area is 170 Å². The molecule has 4 rings (SSSR count). The Bertz CT molecular complexity index is 829. The molecule has 1 fully saturated rings. The summed E-state index contributed by atoms with van der Waals surface area (Å²) in [6.45, 7) is 3.51. The molecule has 0 aromatic carbocycles. The Balaban J connectivity index is 1.25. The summed E-state index contributed by atoms with van der Waals surface area (Å²) in [5, 5.41) is 9.91. The fourth-order valence-corrected chi connectivity index (χ4v) is 5.27. The molecule has 2 aromatic rings. The van der Waals surface area contributed by atoms with Crippen LogP contribution < -0.4 is 16.0 Å². The van der Waals surface area contributed by atoms with Crippen LogP contribution in [0.4, 0.5) is 5.13 Å². The van der Waals surface area contributed by atoms with Gasteiger partial charge in [0.25, 0.3) is 5.91 Å². The molecule has 0 saturated carbocycles. The summed E-state index contributed by atoms with van der Waals surface area (Å²) in [5.41, 5.74) is 1.09. The SMILES string of the molecule is O=C(CN1CCC(NC(=O)c2ccc(Cl)s2)C1)Nc1nc2c(s1)CNCC2. The molecule has 7 nitrogen and oxygen atoms in total. The maximum absolute atomic E-state index is 12.3. The maximum Gasteiger partial charge on any atom is 0.261 e. The average Bonchev–Trinajstić information content (AvgIpc) is 3.34. The van der Waals surface area contributed by atoms with Crippen LogP contribution in [0.1, 0.15) is 26.7 Å². The molecule has 2 aliphatic rings. The van der Waals surface area contributed by atoms with Crippen molar-refractivity contribution in [1.29, 1.82) is 0 Å². The zero-order chi connectivity index (χ0) is 18.8. The van der Waals surface area contributed by atoms with E-state index in [1.807, 2.05) is 0 Å². The van der Waals surface area contributed by atoms with Crippen LogP contribution >= 0.6 is 34.3 Å². The number of likely N-dealkylation sites (tertiary alicyclic amines) is 1. The standard InChI is InChI=1S/C17H20ClN5O2S2/c18-14-2-1-12(26-14)16(25)20-10-4-6-23(8-10)9-15(24)22-17-21-11-3-5-19-7-13(11)27-17/h1-2,10,19H,3-9H2,(H,20,25)(H,21,22,24). The lowest BCUT2D eigenvalue weighted by Crippen LogP contribution is -2.38. The molecule has 4 heterocycles. The molecule has 2 aliphatic heterocycles. The smallest absolute Gasteiger partial charge is 0.261 e. The maximum atomic E-state index is 12.3. The highest BCUT2D eigenvalue weighted by atomic mass is 35.5. The van der Waals surface area contributed by atoms with Crippen LogP contribution in [0.5, 0.6) is 0 Å². The highest BCUT2D eigenvalue weighted by Crippen LogP contribution is 2.25. The van der Waals surface area contributed by atoms with E-state index in [4.69, 9.17) is 11.6 Å². The third-order valence-corrected chi connectivity index (χ3v) is 6.86. The Morgan fingerprint density at radius 1 is 1.37 bits per heavy atom. The van der Waals surface area contributed by atoms with Crippen molar-refractivity contribution in [2.45, 2.75) is 25.4 Å². The van der Waals surface area contributed by atoms with E-state index in [1.165, 1.54) is 27.6 Å². The van der Waals surface area contributed by atoms with E-state index in [-0.39, 0.29) is 17.9 Å². The number of thiazole rings is 1. The second-order valence-electron chi connectivity index (χ2n) is 6.66. The van der Waals surface area contributed by atoms with E-state index < -0.39 is 0 Å². The Morgan fingerprint density at radius 3 is 3.04 bits per heavy atom. The minimum Gasteiger partial charge on any atom is -0.347 e. The molecule has 0 bridgehead atoms. The molecule has 27 heavy (non-hydrogen) atoms. The largest absolute Gasteiger partial charge is 0.347 e. The summed E-state index contributed by atoms with van der Waals surface area (Å²) >= 11 is 8.69. The van der Waals surface area contributed by atoms with Crippen LogP contribution in [0, 0.1) is 0 Å². The number of halogens is 1. The van der Waals surface area contributed by atoms with Gasteiger partial charge < -0.3 is 16.0 Å². The lowest BCUT2D eigenvalue weighted by molar-refractivity contribution is -0.117. The van der Waals surface area contributed by atoms with E-state index in [1.54, 1.807) is 12.1 Å². The van der Waals surface area contributed by atoms with Gasteiger partial charge in [-0.3, -0.25) is 14.5 Å². The summed E-state index contributed by atoms with van der Waals surface area (Å²) in [7, 11) is 0. The fourth-order valence-electron chi connectivity index (χ4n) is 3.33. The van der Waals surface area contributed by atoms with E-state index in [0.717, 1.165) is 38.2 Å². The second kappa shape index (κ2) is 8.24. The van der Waals surface area contributed by atoms with E-state index in [0.29, 0.717) is 27.4 Å². The number of hydrogen-bond donors (Lipinski definition) is 3. The average molecular weight is 426 g/mol. The van der Waals surface area contributed by atoms with Gasteiger partial charge in [-0.2, -0.15) is 0 Å². The number of nitrogens with one attached hydrogen (secondary N) is 3. The minimum atomic E-state index is -0.106. The molecule has 0 spiro atoms. The fraction of sp³-hybridized carbons (Fsp3) is 0.471. The quantitative estimate of drug-likeness (QED) is 0.681. The highest BCUT2D eigenvalue weighted by molar-refractivity contribution is 7.18. The van der Waals surface area contributed by atoms with Crippen LogP contribution in [0.2, 0.25) is 4.34 Å². The lowest BCUT2D eigenvalue weighted by atomic mass is 10.2. The summed E-state index contributed by atoms with van der Waals surface area (Å²) < 4.78 is 0.601. The first-order chi connectivity index (χ1) is 13.1. The second-order valence-corrected chi connectivity index (χ2v) is 9.46. The van der Waals surface area contributed by atoms with Crippen molar-refractivity contribution in [3.05, 3.63) is 31.9 Å². The van der Waals surface area contributed by atoms with E-state index in [9.17, 15) is 9.59 Å². The highest BCUT2D eigenvalue weighted by Gasteiger charge is 2.26. The van der Waals surface area contributed by atoms with Crippen molar-refractivity contribution in [3.8, 4) is 0 Å². The topological polar surface area (TPSA) is 86.4 Å². The first-order valence-corrected chi connectivity index (χ1v) is 10.9. The molecular weight excluding hydrogens is 406 g/mol. The van der Waals surface area contributed by atoms with Crippen molar-refractivity contribution in [3.63, 3.8) is 0 Å². The van der Waals surface area contributed by atoms with Crippen LogP contribution in [0.15, 0.2) is 12.1 Å². The minimum absolute atomic E-state index is 0.0458. The van der Waals surface area contributed by atoms with Gasteiger partial charge in [-0.05, 0) is 18.6 Å². The molecule has 10 heteroatoms. The molecule has 2 aromatic heterocycles. The first-order valence-electron chi connectivity index (χ1n) is 8.84. The van der Waals surface area contributed by atoms with Gasteiger partial charge >= 0.3 is 0 Å². The van der Waals surface area contributed by atoms with Gasteiger partial charge in [0.05, 0.1) is 21.5 Å². The third-order valence-electron chi connectivity index (χ3n) is 4.62. The predicted octanol–water partition coefficient (Wildman–Crippen LogP) is 1.95. The summed E-state index contributed by atoms with van der Waals surface area (Å²) in [4.78, 5) is 32.9. The number of rotatable bonds is 5. The van der Waals surface area contributed by atoms with Gasteiger partial charge in [-0.15, -0.1) is 22.7 Å². The van der Waals surface area contributed by atoms with Gasteiger partial charge in [-0.25, -0.2) is 4.98 Å². The lowest BCUT2D eigenvalue weighted by Gasteiger charge is -2.15. The number of anilines is 1. The number of thiophene rings is 1. The van der Waals surface area contributed by atoms with E-state index >= 15 is 0 Å². The Hall–Kier alpha value is -1.52. The van der Waals surface area contributed by atoms with Crippen molar-refractivity contribution in [2.24, 2.45) is 0 Å². The van der Waals surface area contributed by atoms with Crippen molar-refractivity contribution in [2.75, 3.05) is 31.5 Å². The molecular formula is C17H20ClN5O2S2. The van der Waals surface area contributed by atoms with Crippen LogP contribution in [-0.4, -0.2) is 53.9 Å². The number of aromatic nitrogens is 1. The summed E-state index contributed by atoms with van der Waals surface area (Å²) in [5.74, 6) is -0.170. The summed E-state index contributed by atoms with van der Waals surface area (Å²) in [6.07, 6.45) is 1.74. The first kappa shape index (κ1) is 18.8. The van der Waals surface area contributed by atoms with Gasteiger partial charge in [-0.1, -0.05) is 11.6 Å². The number of amides is 2. The van der Waals surface area contributed by atoms with Crippen LogP contribution in [0.25, 0.3) is 0 Å². The Morgan fingerprint density at radius 2 is 2.26 bits per heavy atom.